The van der Waals surface area contributed by atoms with Gasteiger partial charge in [0.2, 0.25) is 0 Å². The third-order valence-electron chi connectivity index (χ3n) is 4.78. The maximum Gasteiger partial charge on any atom is 0.148 e. The molecule has 0 amide bonds. The molecule has 1 aliphatic heterocycles. The Morgan fingerprint density at radius 1 is 1.40 bits per heavy atom. The van der Waals surface area contributed by atoms with Gasteiger partial charge in [0.15, 0.2) is 0 Å². The maximum atomic E-state index is 10.1. The van der Waals surface area contributed by atoms with Crippen molar-refractivity contribution in [2.24, 2.45) is 5.92 Å². The van der Waals surface area contributed by atoms with Gasteiger partial charge in [0.25, 0.3) is 0 Å². The average molecular weight is 448 g/mol. The number of nitrogens with one attached hydrogen (secondary N) is 1. The van der Waals surface area contributed by atoms with Gasteiger partial charge in [0.05, 0.1) is 29.6 Å². The molecule has 7 nitrogen and oxygen atoms in total. The van der Waals surface area contributed by atoms with Crippen LogP contribution in [0.3, 0.4) is 0 Å². The fraction of sp³-hybridized carbons (Fsp3) is 0.381. The average Bonchev–Trinajstić information content (AvgIpc) is 2.67. The Labute approximate surface area is 186 Å². The monoisotopic (exact) mass is 447 g/mol. The summed E-state index contributed by atoms with van der Waals surface area (Å²) in [5.74, 6) is 2.14. The summed E-state index contributed by atoms with van der Waals surface area (Å²) in [6, 6.07) is 1.86. The van der Waals surface area contributed by atoms with Crippen LogP contribution in [0.25, 0.3) is 0 Å². The molecule has 0 spiro atoms. The van der Waals surface area contributed by atoms with Crippen LogP contribution in [0.4, 0.5) is 11.6 Å². The van der Waals surface area contributed by atoms with Crippen LogP contribution in [0, 0.1) is 5.92 Å². The van der Waals surface area contributed by atoms with E-state index in [4.69, 9.17) is 16.3 Å². The molecule has 1 aliphatic rings. The van der Waals surface area contributed by atoms with Gasteiger partial charge in [-0.05, 0) is 26.0 Å². The van der Waals surface area contributed by atoms with Crippen molar-refractivity contribution in [2.75, 3.05) is 36.5 Å². The number of aromatic nitrogens is 3. The zero-order valence-electron chi connectivity index (χ0n) is 17.1. The van der Waals surface area contributed by atoms with Crippen molar-refractivity contribution in [3.8, 4) is 0 Å². The number of rotatable bonds is 10. The molecule has 0 radical (unpaired) electrons. The van der Waals surface area contributed by atoms with E-state index in [1.54, 1.807) is 24.7 Å². The lowest BCUT2D eigenvalue weighted by molar-refractivity contribution is 0.00438. The van der Waals surface area contributed by atoms with Crippen molar-refractivity contribution < 1.29 is 9.84 Å². The van der Waals surface area contributed by atoms with Gasteiger partial charge in [-0.2, -0.15) is 0 Å². The quantitative estimate of drug-likeness (QED) is 0.321. The van der Waals surface area contributed by atoms with Crippen molar-refractivity contribution in [1.82, 2.24) is 15.0 Å². The Morgan fingerprint density at radius 3 is 2.80 bits per heavy atom. The highest BCUT2D eigenvalue weighted by atomic mass is 35.5. The third-order valence-corrected chi connectivity index (χ3v) is 6.25. The van der Waals surface area contributed by atoms with Gasteiger partial charge < -0.3 is 20.1 Å². The molecular formula is C21H26ClN5O2S. The molecular weight excluding hydrogens is 422 g/mol. The van der Waals surface area contributed by atoms with E-state index in [-0.39, 0.29) is 5.92 Å². The van der Waals surface area contributed by atoms with Crippen LogP contribution in [0.5, 0.6) is 0 Å². The fourth-order valence-corrected chi connectivity index (χ4v) is 3.90. The summed E-state index contributed by atoms with van der Waals surface area (Å²) in [5, 5.41) is 14.6. The van der Waals surface area contributed by atoms with Crippen molar-refractivity contribution in [2.45, 2.75) is 29.4 Å². The second kappa shape index (κ2) is 9.68. The number of ether oxygens (including phenoxy) is 1. The lowest BCUT2D eigenvalue weighted by Gasteiger charge is -2.46. The van der Waals surface area contributed by atoms with Crippen molar-refractivity contribution in [1.29, 1.82) is 0 Å². The molecule has 1 saturated heterocycles. The highest BCUT2D eigenvalue weighted by Crippen LogP contribution is 2.40. The van der Waals surface area contributed by atoms with E-state index >= 15 is 0 Å². The largest absolute Gasteiger partial charge is 0.492 e. The molecule has 0 saturated carbocycles. The Balaban J connectivity index is 1.56. The summed E-state index contributed by atoms with van der Waals surface area (Å²) in [5.41, 5.74) is -0.702. The first-order valence-electron chi connectivity index (χ1n) is 9.57. The maximum absolute atomic E-state index is 10.1. The number of pyridine rings is 1. The van der Waals surface area contributed by atoms with Gasteiger partial charge in [-0.3, -0.25) is 0 Å². The molecule has 2 N–H and O–H groups in total. The van der Waals surface area contributed by atoms with E-state index in [0.717, 1.165) is 28.8 Å². The molecule has 1 fully saturated rings. The summed E-state index contributed by atoms with van der Waals surface area (Å²) >= 11 is 8.04. The van der Waals surface area contributed by atoms with E-state index in [1.165, 1.54) is 11.8 Å². The Kier molecular flexibility index (Phi) is 7.23. The fourth-order valence-electron chi connectivity index (χ4n) is 2.81. The molecule has 2 aromatic rings. The lowest BCUT2D eigenvalue weighted by atomic mass is 9.84. The third kappa shape index (κ3) is 5.65. The molecule has 3 rings (SSSR count). The summed E-state index contributed by atoms with van der Waals surface area (Å²) in [6.45, 7) is 13.4. The van der Waals surface area contributed by atoms with Gasteiger partial charge in [0.1, 0.15) is 29.0 Å². The number of allylic oxidation sites excluding steroid dienone is 1. The second-order valence-electron chi connectivity index (χ2n) is 7.49. The van der Waals surface area contributed by atoms with E-state index < -0.39 is 5.60 Å². The minimum Gasteiger partial charge on any atom is -0.492 e. The Hall–Kier alpha value is -2.29. The first-order chi connectivity index (χ1) is 14.3. The molecule has 0 bridgehead atoms. The zero-order chi connectivity index (χ0) is 21.7. The number of hydrogen-bond donors (Lipinski definition) is 2. The van der Waals surface area contributed by atoms with E-state index in [2.05, 4.69) is 38.3 Å². The number of aliphatic hydroxyl groups is 1. The molecule has 0 aromatic carbocycles. The SMILES string of the molecule is C=CC(=C)OCCNc1cnc(Sc2ccnc(N3CC(C(C)(C)O)C3)c2Cl)cn1. The van der Waals surface area contributed by atoms with Crippen LogP contribution in [-0.4, -0.2) is 51.9 Å². The minimum absolute atomic E-state index is 0.206. The topological polar surface area (TPSA) is 83.4 Å². The standard InChI is InChI=1S/C21H26ClN5O2S/c1-5-14(2)29-9-8-23-17-10-26-18(11-25-17)30-16-6-7-24-20(19(16)22)27-12-15(13-27)21(3,4)28/h5-7,10-11,15,28H,1-2,8-9,12-13H2,3-4H3,(H,23,25). The predicted molar refractivity (Wildman–Crippen MR) is 121 cm³/mol. The summed E-state index contributed by atoms with van der Waals surface area (Å²) in [6.07, 6.45) is 6.67. The number of anilines is 2. The van der Waals surface area contributed by atoms with Crippen LogP contribution in [0.1, 0.15) is 13.8 Å². The molecule has 30 heavy (non-hydrogen) atoms. The van der Waals surface area contributed by atoms with E-state index in [0.29, 0.717) is 29.8 Å². The van der Waals surface area contributed by atoms with Gasteiger partial charge >= 0.3 is 0 Å². The summed E-state index contributed by atoms with van der Waals surface area (Å²) in [4.78, 5) is 16.2. The van der Waals surface area contributed by atoms with E-state index in [9.17, 15) is 5.11 Å². The first kappa shape index (κ1) is 22.4. The normalized spacial score (nSPS) is 14.2. The number of halogens is 1. The Bertz CT molecular complexity index is 895. The summed E-state index contributed by atoms with van der Waals surface area (Å²) < 4.78 is 5.33. The van der Waals surface area contributed by atoms with Crippen molar-refractivity contribution >= 4 is 35.0 Å². The van der Waals surface area contributed by atoms with Crippen LogP contribution in [0.15, 0.2) is 59.6 Å². The minimum atomic E-state index is -0.702. The molecule has 3 heterocycles. The van der Waals surface area contributed by atoms with Crippen LogP contribution >= 0.6 is 23.4 Å². The number of nitrogens with zero attached hydrogens (tertiary/aromatic N) is 4. The van der Waals surface area contributed by atoms with Crippen LogP contribution < -0.4 is 10.2 Å². The van der Waals surface area contributed by atoms with Gasteiger partial charge in [-0.1, -0.05) is 36.5 Å². The van der Waals surface area contributed by atoms with Crippen LogP contribution in [-0.2, 0) is 4.74 Å². The molecule has 0 atom stereocenters. The highest BCUT2D eigenvalue weighted by Gasteiger charge is 2.38. The van der Waals surface area contributed by atoms with Crippen molar-refractivity contribution in [3.05, 3.63) is 54.7 Å². The molecule has 9 heteroatoms. The lowest BCUT2D eigenvalue weighted by Crippen LogP contribution is -2.56. The number of hydrogen-bond acceptors (Lipinski definition) is 8. The smallest absolute Gasteiger partial charge is 0.148 e. The van der Waals surface area contributed by atoms with Gasteiger partial charge in [0, 0.05) is 30.1 Å². The molecule has 0 unspecified atom stereocenters. The predicted octanol–water partition coefficient (Wildman–Crippen LogP) is 4.01. The zero-order valence-corrected chi connectivity index (χ0v) is 18.7. The molecule has 2 aromatic heterocycles. The van der Waals surface area contributed by atoms with Gasteiger partial charge in [-0.15, -0.1) is 0 Å². The van der Waals surface area contributed by atoms with E-state index in [1.807, 2.05) is 19.9 Å². The Morgan fingerprint density at radius 2 is 2.17 bits per heavy atom. The highest BCUT2D eigenvalue weighted by molar-refractivity contribution is 7.99. The molecule has 160 valence electrons. The molecule has 0 aliphatic carbocycles. The van der Waals surface area contributed by atoms with Gasteiger partial charge in [-0.25, -0.2) is 15.0 Å². The first-order valence-corrected chi connectivity index (χ1v) is 10.8. The summed E-state index contributed by atoms with van der Waals surface area (Å²) in [7, 11) is 0. The van der Waals surface area contributed by atoms with Crippen molar-refractivity contribution in [3.63, 3.8) is 0 Å². The van der Waals surface area contributed by atoms with Crippen LogP contribution in [0.2, 0.25) is 5.02 Å². The second-order valence-corrected chi connectivity index (χ2v) is 8.93.